The number of carboxylic acids is 1. The summed E-state index contributed by atoms with van der Waals surface area (Å²) in [6.45, 7) is 10.2. The lowest BCUT2D eigenvalue weighted by molar-refractivity contribution is -0.152. The average molecular weight is 227 g/mol. The van der Waals surface area contributed by atoms with E-state index in [1.807, 2.05) is 0 Å². The molecule has 0 aliphatic carbocycles. The highest BCUT2D eigenvalue weighted by molar-refractivity contribution is 5.75. The lowest BCUT2D eigenvalue weighted by atomic mass is 9.66. The largest absolute Gasteiger partial charge is 0.481 e. The van der Waals surface area contributed by atoms with Crippen LogP contribution in [-0.2, 0) is 4.79 Å². The van der Waals surface area contributed by atoms with E-state index in [1.54, 1.807) is 0 Å². The topological polar surface area (TPSA) is 49.3 Å². The van der Waals surface area contributed by atoms with E-state index in [2.05, 4.69) is 33.0 Å². The lowest BCUT2D eigenvalue weighted by Crippen LogP contribution is -2.51. The van der Waals surface area contributed by atoms with Crippen LogP contribution in [0.3, 0.4) is 0 Å². The molecule has 1 aliphatic heterocycles. The van der Waals surface area contributed by atoms with E-state index in [0.29, 0.717) is 12.5 Å². The zero-order valence-corrected chi connectivity index (χ0v) is 11.0. The quantitative estimate of drug-likeness (QED) is 0.779. The van der Waals surface area contributed by atoms with Crippen LogP contribution in [0.1, 0.15) is 47.0 Å². The van der Waals surface area contributed by atoms with Gasteiger partial charge >= 0.3 is 5.97 Å². The van der Waals surface area contributed by atoms with Crippen molar-refractivity contribution in [2.45, 2.75) is 47.0 Å². The molecule has 94 valence electrons. The van der Waals surface area contributed by atoms with Crippen molar-refractivity contribution in [1.29, 1.82) is 0 Å². The summed E-state index contributed by atoms with van der Waals surface area (Å²) in [6, 6.07) is 0. The molecule has 1 heterocycles. The molecule has 16 heavy (non-hydrogen) atoms. The van der Waals surface area contributed by atoms with Gasteiger partial charge in [-0.05, 0) is 30.7 Å². The molecule has 3 nitrogen and oxygen atoms in total. The third-order valence-corrected chi connectivity index (χ3v) is 3.90. The molecule has 0 amide bonds. The van der Waals surface area contributed by atoms with Crippen LogP contribution < -0.4 is 5.32 Å². The highest BCUT2D eigenvalue weighted by Crippen LogP contribution is 2.41. The van der Waals surface area contributed by atoms with Crippen molar-refractivity contribution >= 4 is 5.97 Å². The Bertz CT molecular complexity index is 253. The Hall–Kier alpha value is -0.570. The van der Waals surface area contributed by atoms with Gasteiger partial charge in [0.2, 0.25) is 0 Å². The molecule has 3 heteroatoms. The van der Waals surface area contributed by atoms with Gasteiger partial charge in [0, 0.05) is 6.54 Å². The van der Waals surface area contributed by atoms with Crippen LogP contribution in [0.4, 0.5) is 0 Å². The summed E-state index contributed by atoms with van der Waals surface area (Å²) in [7, 11) is 0. The fourth-order valence-corrected chi connectivity index (χ4v) is 2.65. The molecule has 0 saturated carbocycles. The monoisotopic (exact) mass is 227 g/mol. The third-order valence-electron chi connectivity index (χ3n) is 3.90. The van der Waals surface area contributed by atoms with Crippen LogP contribution in [0.15, 0.2) is 0 Å². The Labute approximate surface area is 98.6 Å². The number of hydrogen-bond acceptors (Lipinski definition) is 2. The first-order chi connectivity index (χ1) is 7.32. The van der Waals surface area contributed by atoms with Gasteiger partial charge in [0.25, 0.3) is 0 Å². The van der Waals surface area contributed by atoms with Crippen LogP contribution in [0.25, 0.3) is 0 Å². The summed E-state index contributed by atoms with van der Waals surface area (Å²) in [5.41, 5.74) is -0.354. The maximum Gasteiger partial charge on any atom is 0.310 e. The maximum absolute atomic E-state index is 11.5. The van der Waals surface area contributed by atoms with Crippen molar-refractivity contribution in [3.63, 3.8) is 0 Å². The van der Waals surface area contributed by atoms with E-state index in [1.165, 1.54) is 0 Å². The standard InChI is InChI=1S/C13H25NO2/c1-5-6-13(11(15)16)7-10(8-14-9-13)12(2,3)4/h10,14H,5-9H2,1-4H3,(H,15,16)/t10?,13-/m1/s1. The maximum atomic E-state index is 11.5. The molecule has 0 spiro atoms. The Morgan fingerprint density at radius 2 is 2.12 bits per heavy atom. The van der Waals surface area contributed by atoms with Crippen LogP contribution in [0.2, 0.25) is 0 Å². The molecule has 1 unspecified atom stereocenters. The number of carboxylic acid groups (broad SMARTS) is 1. The molecule has 0 aromatic carbocycles. The Balaban J connectivity index is 2.83. The minimum absolute atomic E-state index is 0.182. The predicted molar refractivity (Wildman–Crippen MR) is 65.4 cm³/mol. The van der Waals surface area contributed by atoms with Crippen LogP contribution in [0.5, 0.6) is 0 Å². The Morgan fingerprint density at radius 3 is 2.56 bits per heavy atom. The zero-order valence-electron chi connectivity index (χ0n) is 11.0. The first-order valence-corrected chi connectivity index (χ1v) is 6.26. The molecule has 1 saturated heterocycles. The van der Waals surface area contributed by atoms with Gasteiger partial charge in [0.15, 0.2) is 0 Å². The highest BCUT2D eigenvalue weighted by Gasteiger charge is 2.44. The van der Waals surface area contributed by atoms with E-state index in [-0.39, 0.29) is 5.41 Å². The molecule has 2 N–H and O–H groups in total. The third kappa shape index (κ3) is 2.76. The molecule has 1 fully saturated rings. The predicted octanol–water partition coefficient (Wildman–Crippen LogP) is 2.51. The highest BCUT2D eigenvalue weighted by atomic mass is 16.4. The second-order valence-electron chi connectivity index (χ2n) is 6.23. The van der Waals surface area contributed by atoms with Crippen LogP contribution in [-0.4, -0.2) is 24.2 Å². The van der Waals surface area contributed by atoms with E-state index in [9.17, 15) is 9.90 Å². The number of piperidine rings is 1. The number of rotatable bonds is 3. The summed E-state index contributed by atoms with van der Waals surface area (Å²) in [4.78, 5) is 11.5. The SMILES string of the molecule is CCC[C@]1(C(=O)O)CNCC(C(C)(C)C)C1. The Morgan fingerprint density at radius 1 is 1.50 bits per heavy atom. The number of nitrogens with one attached hydrogen (secondary N) is 1. The summed E-state index contributed by atoms with van der Waals surface area (Å²) in [6.07, 6.45) is 2.53. The molecule has 1 aliphatic rings. The van der Waals surface area contributed by atoms with Gasteiger partial charge in [-0.1, -0.05) is 34.1 Å². The number of aliphatic carboxylic acids is 1. The van der Waals surface area contributed by atoms with E-state index < -0.39 is 11.4 Å². The van der Waals surface area contributed by atoms with Crippen LogP contribution in [0, 0.1) is 16.7 Å². The normalized spacial score (nSPS) is 31.4. The number of hydrogen-bond donors (Lipinski definition) is 2. The number of carbonyl (C=O) groups is 1. The molecule has 1 rings (SSSR count). The second-order valence-corrected chi connectivity index (χ2v) is 6.23. The molecule has 0 bridgehead atoms. The van der Waals surface area contributed by atoms with Crippen molar-refractivity contribution in [2.75, 3.05) is 13.1 Å². The van der Waals surface area contributed by atoms with Crippen molar-refractivity contribution in [1.82, 2.24) is 5.32 Å². The first kappa shape index (κ1) is 13.5. The van der Waals surface area contributed by atoms with Gasteiger partial charge < -0.3 is 10.4 Å². The van der Waals surface area contributed by atoms with E-state index in [0.717, 1.165) is 25.8 Å². The van der Waals surface area contributed by atoms with Crippen molar-refractivity contribution in [3.8, 4) is 0 Å². The average Bonchev–Trinajstić information content (AvgIpc) is 2.17. The van der Waals surface area contributed by atoms with E-state index in [4.69, 9.17) is 0 Å². The minimum Gasteiger partial charge on any atom is -0.481 e. The van der Waals surface area contributed by atoms with Gasteiger partial charge in [-0.2, -0.15) is 0 Å². The molecule has 0 aromatic rings. The molecule has 0 radical (unpaired) electrons. The van der Waals surface area contributed by atoms with Gasteiger partial charge in [0.05, 0.1) is 5.41 Å². The smallest absolute Gasteiger partial charge is 0.310 e. The lowest BCUT2D eigenvalue weighted by Gasteiger charge is -2.43. The Kier molecular flexibility index (Phi) is 4.00. The van der Waals surface area contributed by atoms with Crippen molar-refractivity contribution in [3.05, 3.63) is 0 Å². The van der Waals surface area contributed by atoms with Crippen LogP contribution >= 0.6 is 0 Å². The summed E-state index contributed by atoms with van der Waals surface area (Å²) in [5, 5.41) is 12.8. The fraction of sp³-hybridized carbons (Fsp3) is 0.923. The van der Waals surface area contributed by atoms with Gasteiger partial charge in [-0.3, -0.25) is 4.79 Å². The van der Waals surface area contributed by atoms with Gasteiger partial charge in [0.1, 0.15) is 0 Å². The molecular weight excluding hydrogens is 202 g/mol. The zero-order chi connectivity index (χ0) is 12.4. The minimum atomic E-state index is -0.629. The second kappa shape index (κ2) is 4.74. The van der Waals surface area contributed by atoms with Gasteiger partial charge in [-0.15, -0.1) is 0 Å². The summed E-state index contributed by atoms with van der Waals surface area (Å²) in [5.74, 6) is -0.181. The molecule has 2 atom stereocenters. The molecule has 0 aromatic heterocycles. The van der Waals surface area contributed by atoms with Gasteiger partial charge in [-0.25, -0.2) is 0 Å². The van der Waals surface area contributed by atoms with E-state index >= 15 is 0 Å². The summed E-state index contributed by atoms with van der Waals surface area (Å²) >= 11 is 0. The fourth-order valence-electron chi connectivity index (χ4n) is 2.65. The molecular formula is C13H25NO2. The van der Waals surface area contributed by atoms with Crippen molar-refractivity contribution < 1.29 is 9.90 Å². The van der Waals surface area contributed by atoms with Crippen molar-refractivity contribution in [2.24, 2.45) is 16.7 Å². The summed E-state index contributed by atoms with van der Waals surface area (Å²) < 4.78 is 0. The first-order valence-electron chi connectivity index (χ1n) is 6.26.